The summed E-state index contributed by atoms with van der Waals surface area (Å²) in [6.07, 6.45) is 0. The Labute approximate surface area is 74.6 Å². The highest BCUT2D eigenvalue weighted by Crippen LogP contribution is 2.21. The van der Waals surface area contributed by atoms with Crippen molar-refractivity contribution in [2.75, 3.05) is 0 Å². The molecule has 0 unspecified atom stereocenters. The minimum absolute atomic E-state index is 0.888. The summed E-state index contributed by atoms with van der Waals surface area (Å²) in [5.74, 6) is 0. The van der Waals surface area contributed by atoms with Gasteiger partial charge in [-0.3, -0.25) is 0 Å². The van der Waals surface area contributed by atoms with Crippen molar-refractivity contribution in [3.05, 3.63) is 0 Å². The van der Waals surface area contributed by atoms with Gasteiger partial charge in [0, 0.05) is 0 Å². The monoisotopic (exact) mass is 179 g/mol. The van der Waals surface area contributed by atoms with Crippen molar-refractivity contribution in [3.8, 4) is 0 Å². The lowest BCUT2D eigenvalue weighted by Gasteiger charge is -2.37. The minimum atomic E-state index is -1.44. The Morgan fingerprint density at radius 1 is 0.538 bits per heavy atom. The van der Waals surface area contributed by atoms with Crippen molar-refractivity contribution in [1.82, 2.24) is 0 Å². The van der Waals surface area contributed by atoms with E-state index in [4.69, 9.17) is 27.9 Å². The molecule has 0 atom stereocenters. The summed E-state index contributed by atoms with van der Waals surface area (Å²) in [4.78, 5) is 0. The molecule has 4 heterocycles. The maximum atomic E-state index is 8.97. The Morgan fingerprint density at radius 3 is 1.23 bits per heavy atom. The van der Waals surface area contributed by atoms with Crippen molar-refractivity contribution < 1.29 is 37.0 Å². The van der Waals surface area contributed by atoms with Crippen LogP contribution in [-0.2, 0) is 32.0 Å². The van der Waals surface area contributed by atoms with Crippen LogP contribution in [0.2, 0.25) is 0 Å². The Morgan fingerprint density at radius 2 is 0.846 bits per heavy atom. The molecule has 13 heavy (non-hydrogen) atoms. The maximum Gasteiger partial charge on any atom is 0.612 e. The summed E-state index contributed by atoms with van der Waals surface area (Å²) in [7, 11) is -5.47. The Hall–Kier alpha value is 0.00468. The molecule has 1 N–H and O–H groups in total. The van der Waals surface area contributed by atoms with Gasteiger partial charge in [0.05, 0.1) is 0 Å². The third kappa shape index (κ3) is 1.53. The minimum Gasteiger partial charge on any atom is -0.403 e. The number of hydrogen-bond acceptors (Lipinski definition) is 8. The van der Waals surface area contributed by atoms with Crippen LogP contribution in [-0.4, -0.2) is 41.6 Å². The van der Waals surface area contributed by atoms with Crippen LogP contribution in [0.3, 0.4) is 0 Å². The third-order valence-corrected chi connectivity index (χ3v) is 1.57. The fraction of sp³-hybridized carbons (Fsp3) is 0. The first-order valence-electron chi connectivity index (χ1n) is 3.56. The maximum absolute atomic E-state index is 8.97. The molecule has 0 saturated carbocycles. The van der Waals surface area contributed by atoms with E-state index in [-0.39, 0.29) is 0 Å². The lowest BCUT2D eigenvalue weighted by atomic mass is 9.16. The van der Waals surface area contributed by atoms with Crippen molar-refractivity contribution in [1.29, 1.82) is 0 Å². The van der Waals surface area contributed by atoms with E-state index in [1.807, 2.05) is 0 Å². The van der Waals surface area contributed by atoms with Gasteiger partial charge in [0.15, 0.2) is 0 Å². The first-order chi connectivity index (χ1) is 6.29. The lowest BCUT2D eigenvalue weighted by molar-refractivity contribution is 0.0546. The first kappa shape index (κ1) is 8.32. The van der Waals surface area contributed by atoms with Crippen LogP contribution in [0.1, 0.15) is 0 Å². The summed E-state index contributed by atoms with van der Waals surface area (Å²) in [5.41, 5.74) is 0. The summed E-state index contributed by atoms with van der Waals surface area (Å²) in [6, 6.07) is 0. The van der Waals surface area contributed by atoms with Crippen molar-refractivity contribution in [2.24, 2.45) is 0 Å². The second-order valence-corrected chi connectivity index (χ2v) is 2.41. The number of rotatable bonds is 0. The summed E-state index contributed by atoms with van der Waals surface area (Å²) in [5, 5.41) is 8.97. The predicted octanol–water partition coefficient (Wildman–Crippen LogP) is -2.94. The second-order valence-electron chi connectivity index (χ2n) is 2.41. The highest BCUT2D eigenvalue weighted by molar-refractivity contribution is 6.79. The van der Waals surface area contributed by atoms with Gasteiger partial charge in [0.25, 0.3) is 0 Å². The van der Waals surface area contributed by atoms with Gasteiger partial charge in [0.2, 0.25) is 0 Å². The van der Waals surface area contributed by atoms with E-state index >= 15 is 0 Å². The SMILES string of the molecule is O[10B]1O[10B]2O[10B](O1)O[10B]1O[10B](O2)O1. The van der Waals surface area contributed by atoms with Crippen molar-refractivity contribution in [3.63, 3.8) is 0 Å². The molecule has 0 aromatic heterocycles. The smallest absolute Gasteiger partial charge is 0.403 e. The van der Waals surface area contributed by atoms with Gasteiger partial charge >= 0.3 is 36.6 Å². The van der Waals surface area contributed by atoms with Crippen LogP contribution in [0.4, 0.5) is 0 Å². The molecule has 4 rings (SSSR count). The zero-order valence-corrected chi connectivity index (χ0v) is 6.19. The fourth-order valence-electron chi connectivity index (χ4n) is 1.01. The molecule has 0 aliphatic carbocycles. The summed E-state index contributed by atoms with van der Waals surface area (Å²) in [6.45, 7) is 0. The molecule has 4 bridgehead atoms. The molecule has 8 nitrogen and oxygen atoms in total. The molecule has 4 saturated heterocycles. The highest BCUT2D eigenvalue weighted by Gasteiger charge is 2.58. The molecule has 13 heteroatoms. The third-order valence-electron chi connectivity index (χ3n) is 1.57. The van der Waals surface area contributed by atoms with Gasteiger partial charge in [-0.25, -0.2) is 0 Å². The van der Waals surface area contributed by atoms with Crippen LogP contribution in [0.5, 0.6) is 0 Å². The van der Waals surface area contributed by atoms with Crippen LogP contribution in [0.25, 0.3) is 0 Å². The molecular weight excluding hydrogens is 178 g/mol. The second kappa shape index (κ2) is 3.00. The quantitative estimate of drug-likeness (QED) is 0.395. The van der Waals surface area contributed by atoms with Crippen LogP contribution < -0.4 is 0 Å². The van der Waals surface area contributed by atoms with E-state index in [1.54, 1.807) is 0 Å². The molecular formula is HB5O8. The van der Waals surface area contributed by atoms with Crippen LogP contribution >= 0.6 is 0 Å². The van der Waals surface area contributed by atoms with E-state index in [0.717, 1.165) is 0 Å². The zero-order valence-electron chi connectivity index (χ0n) is 6.19. The van der Waals surface area contributed by atoms with Crippen LogP contribution in [0, 0.1) is 0 Å². The molecule has 4 aliphatic heterocycles. The Bertz CT molecular complexity index is 181. The van der Waals surface area contributed by atoms with Gasteiger partial charge in [-0.1, -0.05) is 0 Å². The van der Waals surface area contributed by atoms with Crippen molar-refractivity contribution in [2.45, 2.75) is 0 Å². The summed E-state index contributed by atoms with van der Waals surface area (Å²) >= 11 is 0. The fourth-order valence-corrected chi connectivity index (χ4v) is 1.01. The van der Waals surface area contributed by atoms with Gasteiger partial charge < -0.3 is 37.0 Å². The molecule has 0 spiro atoms. The Kier molecular flexibility index (Phi) is 1.92. The van der Waals surface area contributed by atoms with Gasteiger partial charge in [0.1, 0.15) is 0 Å². The van der Waals surface area contributed by atoms with Gasteiger partial charge in [-0.05, 0) is 0 Å². The summed E-state index contributed by atoms with van der Waals surface area (Å²) < 4.78 is 33.7. The molecule has 0 aromatic rings. The molecule has 0 aromatic carbocycles. The largest absolute Gasteiger partial charge is 0.612 e. The van der Waals surface area contributed by atoms with E-state index in [2.05, 4.69) is 9.14 Å². The molecule has 4 aliphatic rings. The molecule has 0 radical (unpaired) electrons. The molecule has 0 amide bonds. The van der Waals surface area contributed by atoms with Gasteiger partial charge in [-0.2, -0.15) is 0 Å². The molecule has 4 fully saturated rings. The molecule has 64 valence electrons. The topological polar surface area (TPSA) is 84.8 Å². The standard InChI is InChI=1S/B5HO8/c6-1-7-2-9-3(8-1)11-5-12-4(10-2)13-5/h6H/i1-1,2-1,3-1,4-1,5-1. The van der Waals surface area contributed by atoms with Crippen LogP contribution in [0.15, 0.2) is 0 Å². The average molecular weight is 179 g/mol. The Balaban J connectivity index is 1.73. The lowest BCUT2D eigenvalue weighted by Crippen LogP contribution is -2.65. The van der Waals surface area contributed by atoms with E-state index < -0.39 is 36.6 Å². The van der Waals surface area contributed by atoms with E-state index in [1.165, 1.54) is 0 Å². The van der Waals surface area contributed by atoms with E-state index in [0.29, 0.717) is 0 Å². The average Bonchev–Trinajstić information content (AvgIpc) is 1.96. The highest BCUT2D eigenvalue weighted by atomic mass is 16.9. The van der Waals surface area contributed by atoms with E-state index in [9.17, 15) is 0 Å². The predicted molar refractivity (Wildman–Crippen MR) is 38.6 cm³/mol. The van der Waals surface area contributed by atoms with Gasteiger partial charge in [-0.15, -0.1) is 0 Å². The zero-order chi connectivity index (χ0) is 8.84. The number of hydrogen-bond donors (Lipinski definition) is 1. The van der Waals surface area contributed by atoms with Crippen molar-refractivity contribution >= 4 is 36.6 Å². The first-order valence-corrected chi connectivity index (χ1v) is 3.56. The normalized spacial score (nSPS) is 27.0.